The molecule has 0 aromatic carbocycles. The van der Waals surface area contributed by atoms with E-state index in [2.05, 4.69) is 12.2 Å². The normalized spacial score (nSPS) is 29.8. The summed E-state index contributed by atoms with van der Waals surface area (Å²) in [7, 11) is 0. The van der Waals surface area contributed by atoms with Gasteiger partial charge in [-0.1, -0.05) is 19.8 Å². The zero-order valence-corrected chi connectivity index (χ0v) is 10.0. The van der Waals surface area contributed by atoms with E-state index in [4.69, 9.17) is 4.74 Å². The minimum absolute atomic E-state index is 0.514. The molecule has 2 unspecified atom stereocenters. The minimum atomic E-state index is 0.514. The van der Waals surface area contributed by atoms with Crippen LogP contribution in [0.25, 0.3) is 0 Å². The van der Waals surface area contributed by atoms with E-state index in [9.17, 15) is 0 Å². The SMILES string of the molecule is CCCNC(C1CCCC1)C1CCCO1. The van der Waals surface area contributed by atoms with Gasteiger partial charge >= 0.3 is 0 Å². The predicted molar refractivity (Wildman–Crippen MR) is 63.0 cm³/mol. The van der Waals surface area contributed by atoms with Gasteiger partial charge in [0.05, 0.1) is 6.10 Å². The maximum atomic E-state index is 5.86. The lowest BCUT2D eigenvalue weighted by atomic mass is 9.92. The molecule has 0 spiro atoms. The van der Waals surface area contributed by atoms with Crippen LogP contribution in [0, 0.1) is 5.92 Å². The quantitative estimate of drug-likeness (QED) is 0.755. The summed E-state index contributed by atoms with van der Waals surface area (Å²) >= 11 is 0. The van der Waals surface area contributed by atoms with Gasteiger partial charge in [-0.3, -0.25) is 0 Å². The largest absolute Gasteiger partial charge is 0.377 e. The average Bonchev–Trinajstić information content (AvgIpc) is 2.90. The third kappa shape index (κ3) is 2.94. The van der Waals surface area contributed by atoms with Crippen LogP contribution in [-0.4, -0.2) is 25.3 Å². The first kappa shape index (κ1) is 11.4. The molecule has 0 bridgehead atoms. The highest BCUT2D eigenvalue weighted by molar-refractivity contribution is 4.88. The molecule has 2 nitrogen and oxygen atoms in total. The van der Waals surface area contributed by atoms with Crippen molar-refractivity contribution in [1.29, 1.82) is 0 Å². The Morgan fingerprint density at radius 2 is 2.00 bits per heavy atom. The van der Waals surface area contributed by atoms with Crippen molar-refractivity contribution in [3.63, 3.8) is 0 Å². The van der Waals surface area contributed by atoms with Crippen LogP contribution in [0.1, 0.15) is 51.9 Å². The Morgan fingerprint density at radius 1 is 1.20 bits per heavy atom. The lowest BCUT2D eigenvalue weighted by Gasteiger charge is -2.29. The Labute approximate surface area is 93.8 Å². The van der Waals surface area contributed by atoms with Crippen molar-refractivity contribution in [3.05, 3.63) is 0 Å². The molecule has 15 heavy (non-hydrogen) atoms. The molecule has 0 amide bonds. The molecule has 2 rings (SSSR count). The molecule has 2 heteroatoms. The van der Waals surface area contributed by atoms with E-state index in [0.717, 1.165) is 19.1 Å². The van der Waals surface area contributed by atoms with Gasteiger partial charge < -0.3 is 10.1 Å². The van der Waals surface area contributed by atoms with Gasteiger partial charge in [-0.2, -0.15) is 0 Å². The molecule has 1 heterocycles. The van der Waals surface area contributed by atoms with Gasteiger partial charge in [0, 0.05) is 12.6 Å². The fraction of sp³-hybridized carbons (Fsp3) is 1.00. The van der Waals surface area contributed by atoms with Crippen LogP contribution in [0.4, 0.5) is 0 Å². The first-order valence-electron chi connectivity index (χ1n) is 6.77. The Kier molecular flexibility index (Phi) is 4.45. The summed E-state index contributed by atoms with van der Waals surface area (Å²) in [5.74, 6) is 0.889. The molecular weight excluding hydrogens is 186 g/mol. The summed E-state index contributed by atoms with van der Waals surface area (Å²) in [6.07, 6.45) is 9.99. The maximum Gasteiger partial charge on any atom is 0.0731 e. The molecule has 2 fully saturated rings. The molecule has 1 saturated carbocycles. The molecule has 88 valence electrons. The highest BCUT2D eigenvalue weighted by Crippen LogP contribution is 2.32. The topological polar surface area (TPSA) is 21.3 Å². The van der Waals surface area contributed by atoms with Gasteiger partial charge in [0.1, 0.15) is 0 Å². The van der Waals surface area contributed by atoms with Crippen LogP contribution in [0.5, 0.6) is 0 Å². The van der Waals surface area contributed by atoms with Crippen molar-refractivity contribution in [2.24, 2.45) is 5.92 Å². The zero-order chi connectivity index (χ0) is 10.5. The first-order chi connectivity index (χ1) is 7.42. The second-order valence-corrected chi connectivity index (χ2v) is 5.08. The number of nitrogens with one attached hydrogen (secondary N) is 1. The molecule has 1 aliphatic carbocycles. The maximum absolute atomic E-state index is 5.86. The zero-order valence-electron chi connectivity index (χ0n) is 10.0. The number of hydrogen-bond donors (Lipinski definition) is 1. The van der Waals surface area contributed by atoms with Crippen LogP contribution in [-0.2, 0) is 4.74 Å². The number of rotatable bonds is 5. The number of ether oxygens (including phenoxy) is 1. The Morgan fingerprint density at radius 3 is 2.60 bits per heavy atom. The smallest absolute Gasteiger partial charge is 0.0731 e. The summed E-state index contributed by atoms with van der Waals surface area (Å²) < 4.78 is 5.86. The predicted octanol–water partition coefficient (Wildman–Crippen LogP) is 2.72. The third-order valence-corrected chi connectivity index (χ3v) is 3.90. The first-order valence-corrected chi connectivity index (χ1v) is 6.77. The van der Waals surface area contributed by atoms with Crippen molar-refractivity contribution in [2.75, 3.05) is 13.2 Å². The molecular formula is C13H25NO. The lowest BCUT2D eigenvalue weighted by molar-refractivity contribution is 0.0585. The van der Waals surface area contributed by atoms with Crippen molar-refractivity contribution in [2.45, 2.75) is 64.0 Å². The van der Waals surface area contributed by atoms with E-state index in [1.165, 1.54) is 44.9 Å². The highest BCUT2D eigenvalue weighted by Gasteiger charge is 2.33. The van der Waals surface area contributed by atoms with E-state index < -0.39 is 0 Å². The van der Waals surface area contributed by atoms with Crippen molar-refractivity contribution >= 4 is 0 Å². The molecule has 0 radical (unpaired) electrons. The summed E-state index contributed by atoms with van der Waals surface area (Å²) in [4.78, 5) is 0. The summed E-state index contributed by atoms with van der Waals surface area (Å²) in [5, 5.41) is 3.73. The van der Waals surface area contributed by atoms with Crippen molar-refractivity contribution < 1.29 is 4.74 Å². The standard InChI is InChI=1S/C13H25NO/c1-2-9-14-13(11-6-3-4-7-11)12-8-5-10-15-12/h11-14H,2-10H2,1H3. The Balaban J connectivity index is 1.88. The summed E-state index contributed by atoms with van der Waals surface area (Å²) in [6.45, 7) is 4.39. The molecule has 1 N–H and O–H groups in total. The van der Waals surface area contributed by atoms with Gasteiger partial charge in [-0.05, 0) is 44.6 Å². The van der Waals surface area contributed by atoms with Gasteiger partial charge in [-0.15, -0.1) is 0 Å². The van der Waals surface area contributed by atoms with Crippen molar-refractivity contribution in [1.82, 2.24) is 5.32 Å². The Bertz CT molecular complexity index is 155. The molecule has 1 saturated heterocycles. The van der Waals surface area contributed by atoms with Crippen LogP contribution in [0.3, 0.4) is 0 Å². The Hall–Kier alpha value is -0.0800. The second kappa shape index (κ2) is 5.86. The fourth-order valence-electron chi connectivity index (χ4n) is 3.11. The van der Waals surface area contributed by atoms with Gasteiger partial charge in [0.25, 0.3) is 0 Å². The van der Waals surface area contributed by atoms with E-state index in [-0.39, 0.29) is 0 Å². The molecule has 0 aromatic rings. The third-order valence-electron chi connectivity index (χ3n) is 3.90. The summed E-state index contributed by atoms with van der Waals surface area (Å²) in [5.41, 5.74) is 0. The van der Waals surface area contributed by atoms with E-state index in [0.29, 0.717) is 12.1 Å². The van der Waals surface area contributed by atoms with Crippen LogP contribution in [0.2, 0.25) is 0 Å². The van der Waals surface area contributed by atoms with Crippen LogP contribution >= 0.6 is 0 Å². The van der Waals surface area contributed by atoms with Gasteiger partial charge in [0.15, 0.2) is 0 Å². The molecule has 1 aliphatic heterocycles. The molecule has 0 aromatic heterocycles. The van der Waals surface area contributed by atoms with Crippen LogP contribution < -0.4 is 5.32 Å². The second-order valence-electron chi connectivity index (χ2n) is 5.08. The van der Waals surface area contributed by atoms with E-state index >= 15 is 0 Å². The summed E-state index contributed by atoms with van der Waals surface area (Å²) in [6, 6.07) is 0.648. The average molecular weight is 211 g/mol. The molecule has 2 atom stereocenters. The highest BCUT2D eigenvalue weighted by atomic mass is 16.5. The van der Waals surface area contributed by atoms with Crippen LogP contribution in [0.15, 0.2) is 0 Å². The fourth-order valence-corrected chi connectivity index (χ4v) is 3.11. The van der Waals surface area contributed by atoms with Gasteiger partial charge in [0.2, 0.25) is 0 Å². The lowest BCUT2D eigenvalue weighted by Crippen LogP contribution is -2.44. The molecule has 2 aliphatic rings. The van der Waals surface area contributed by atoms with Gasteiger partial charge in [-0.25, -0.2) is 0 Å². The monoisotopic (exact) mass is 211 g/mol. The van der Waals surface area contributed by atoms with E-state index in [1.807, 2.05) is 0 Å². The number of hydrogen-bond acceptors (Lipinski definition) is 2. The van der Waals surface area contributed by atoms with E-state index in [1.54, 1.807) is 0 Å². The van der Waals surface area contributed by atoms with Crippen molar-refractivity contribution in [3.8, 4) is 0 Å². The minimum Gasteiger partial charge on any atom is -0.377 e.